The molecule has 0 bridgehead atoms. The van der Waals surface area contributed by atoms with Gasteiger partial charge in [-0.05, 0) is 38.0 Å². The molecule has 0 radical (unpaired) electrons. The molecular formula is C20H28N4O+2. The highest BCUT2D eigenvalue weighted by Crippen LogP contribution is 2.19. The maximum absolute atomic E-state index is 12.7. The van der Waals surface area contributed by atoms with E-state index < -0.39 is 0 Å². The molecule has 0 aliphatic carbocycles. The van der Waals surface area contributed by atoms with E-state index in [0.29, 0.717) is 0 Å². The van der Waals surface area contributed by atoms with E-state index in [9.17, 15) is 4.79 Å². The smallest absolute Gasteiger partial charge is 0.282 e. The summed E-state index contributed by atoms with van der Waals surface area (Å²) in [5.41, 5.74) is 3.18. The maximum Gasteiger partial charge on any atom is 0.282 e. The molecule has 0 unspecified atom stereocenters. The van der Waals surface area contributed by atoms with Crippen molar-refractivity contribution in [2.45, 2.75) is 26.8 Å². The molecule has 1 amide bonds. The van der Waals surface area contributed by atoms with E-state index in [1.807, 2.05) is 57.3 Å². The summed E-state index contributed by atoms with van der Waals surface area (Å²) >= 11 is 0. The van der Waals surface area contributed by atoms with Gasteiger partial charge in [-0.3, -0.25) is 9.69 Å². The Morgan fingerprint density at radius 2 is 1.80 bits per heavy atom. The van der Waals surface area contributed by atoms with Crippen LogP contribution in [0.4, 0.5) is 11.5 Å². The van der Waals surface area contributed by atoms with Gasteiger partial charge in [0.1, 0.15) is 26.2 Å². The zero-order chi connectivity index (χ0) is 17.8. The Kier molecular flexibility index (Phi) is 5.34. The van der Waals surface area contributed by atoms with Crippen molar-refractivity contribution in [1.29, 1.82) is 0 Å². The number of H-pyrrole nitrogens is 1. The Morgan fingerprint density at radius 3 is 2.40 bits per heavy atom. The van der Waals surface area contributed by atoms with Crippen LogP contribution in [-0.4, -0.2) is 38.1 Å². The summed E-state index contributed by atoms with van der Waals surface area (Å²) < 4.78 is 0. The lowest BCUT2D eigenvalue weighted by atomic mass is 10.1. The number of aromatic amines is 1. The summed E-state index contributed by atoms with van der Waals surface area (Å²) in [4.78, 5) is 19.7. The van der Waals surface area contributed by atoms with Gasteiger partial charge in [-0.1, -0.05) is 24.3 Å². The van der Waals surface area contributed by atoms with Crippen molar-refractivity contribution in [1.82, 2.24) is 0 Å². The number of amides is 1. The molecule has 0 saturated carbocycles. The molecule has 1 atom stereocenters. The Hall–Kier alpha value is -2.40. The molecule has 3 N–H and O–H groups in total. The Bertz CT molecular complexity index is 703. The Morgan fingerprint density at radius 1 is 1.12 bits per heavy atom. The van der Waals surface area contributed by atoms with Gasteiger partial charge in [-0.2, -0.15) is 0 Å². The van der Waals surface area contributed by atoms with Gasteiger partial charge in [0, 0.05) is 11.8 Å². The van der Waals surface area contributed by atoms with Crippen LogP contribution in [0.5, 0.6) is 0 Å². The minimum absolute atomic E-state index is 0.0547. The molecular weight excluding hydrogens is 312 g/mol. The average molecular weight is 340 g/mol. The van der Waals surface area contributed by atoms with Crippen LogP contribution >= 0.6 is 0 Å². The highest BCUT2D eigenvalue weighted by molar-refractivity contribution is 5.95. The molecule has 5 nitrogen and oxygen atoms in total. The predicted molar refractivity (Wildman–Crippen MR) is 99.9 cm³/mol. The van der Waals surface area contributed by atoms with Gasteiger partial charge in [0.15, 0.2) is 6.04 Å². The number of aryl methyl sites for hydroxylation is 2. The first-order valence-electron chi connectivity index (χ1n) is 8.99. The number of piperazine rings is 1. The fraction of sp³-hybridized carbons (Fsp3) is 0.400. The number of quaternary nitrogens is 1. The molecule has 132 valence electrons. The third-order valence-electron chi connectivity index (χ3n) is 5.17. The van der Waals surface area contributed by atoms with E-state index in [-0.39, 0.29) is 11.9 Å². The lowest BCUT2D eigenvalue weighted by Gasteiger charge is -2.31. The van der Waals surface area contributed by atoms with E-state index in [1.165, 1.54) is 4.90 Å². The van der Waals surface area contributed by atoms with Crippen LogP contribution < -0.4 is 20.1 Å². The molecule has 1 aromatic carbocycles. The van der Waals surface area contributed by atoms with E-state index in [1.54, 1.807) is 0 Å². The monoisotopic (exact) mass is 340 g/mol. The topological polar surface area (TPSA) is 50.9 Å². The molecule has 1 aliphatic heterocycles. The minimum atomic E-state index is -0.0547. The van der Waals surface area contributed by atoms with E-state index in [2.05, 4.69) is 21.3 Å². The van der Waals surface area contributed by atoms with Crippen molar-refractivity contribution in [3.05, 3.63) is 53.7 Å². The minimum Gasteiger partial charge on any atom is -0.320 e. The molecule has 1 fully saturated rings. The van der Waals surface area contributed by atoms with Crippen molar-refractivity contribution in [3.63, 3.8) is 0 Å². The first-order valence-corrected chi connectivity index (χ1v) is 8.99. The molecule has 3 rings (SSSR count). The summed E-state index contributed by atoms with van der Waals surface area (Å²) in [6.07, 6.45) is 1.95. The van der Waals surface area contributed by atoms with Gasteiger partial charge in [0.2, 0.25) is 0 Å². The lowest BCUT2D eigenvalue weighted by Crippen LogP contribution is -3.19. The quantitative estimate of drug-likeness (QED) is 0.867. The number of aromatic nitrogens is 1. The molecule has 1 aromatic heterocycles. The largest absolute Gasteiger partial charge is 0.320 e. The fourth-order valence-electron chi connectivity index (χ4n) is 3.48. The van der Waals surface area contributed by atoms with E-state index >= 15 is 0 Å². The highest BCUT2D eigenvalue weighted by atomic mass is 16.2. The Balaban J connectivity index is 1.59. The number of carbonyl (C=O) groups is 1. The van der Waals surface area contributed by atoms with Crippen LogP contribution in [0.2, 0.25) is 0 Å². The molecule has 2 heterocycles. The number of pyridine rings is 1. The van der Waals surface area contributed by atoms with Crippen LogP contribution in [0.25, 0.3) is 0 Å². The van der Waals surface area contributed by atoms with Gasteiger partial charge in [-0.15, -0.1) is 0 Å². The number of benzene rings is 1. The highest BCUT2D eigenvalue weighted by Gasteiger charge is 2.32. The zero-order valence-corrected chi connectivity index (χ0v) is 15.3. The van der Waals surface area contributed by atoms with Crippen molar-refractivity contribution in [2.75, 3.05) is 36.4 Å². The van der Waals surface area contributed by atoms with Crippen LogP contribution in [0.15, 0.2) is 42.6 Å². The van der Waals surface area contributed by atoms with Gasteiger partial charge < -0.3 is 10.2 Å². The van der Waals surface area contributed by atoms with E-state index in [4.69, 9.17) is 0 Å². The van der Waals surface area contributed by atoms with Crippen molar-refractivity contribution < 1.29 is 14.7 Å². The second-order valence-electron chi connectivity index (χ2n) is 6.87. The van der Waals surface area contributed by atoms with Gasteiger partial charge in [0.05, 0.1) is 6.20 Å². The summed E-state index contributed by atoms with van der Waals surface area (Å²) in [7, 11) is 0. The van der Waals surface area contributed by atoms with Crippen molar-refractivity contribution >= 4 is 17.4 Å². The third-order valence-corrected chi connectivity index (χ3v) is 5.17. The second-order valence-corrected chi connectivity index (χ2v) is 6.87. The number of carbonyl (C=O) groups excluding carboxylic acids is 1. The van der Waals surface area contributed by atoms with Crippen LogP contribution in [0.1, 0.15) is 18.1 Å². The number of nitrogens with one attached hydrogen (secondary N) is 3. The van der Waals surface area contributed by atoms with E-state index in [0.717, 1.165) is 48.8 Å². The summed E-state index contributed by atoms with van der Waals surface area (Å²) in [5.74, 6) is 1.25. The molecule has 1 saturated heterocycles. The van der Waals surface area contributed by atoms with Crippen LogP contribution in [0, 0.1) is 13.8 Å². The van der Waals surface area contributed by atoms with Crippen LogP contribution in [-0.2, 0) is 4.79 Å². The molecule has 0 spiro atoms. The number of hydrogen-bond acceptors (Lipinski definition) is 2. The first-order chi connectivity index (χ1) is 12.1. The fourth-order valence-corrected chi connectivity index (χ4v) is 3.48. The van der Waals surface area contributed by atoms with Gasteiger partial charge >= 0.3 is 0 Å². The predicted octanol–water partition coefficient (Wildman–Crippen LogP) is 0.850. The zero-order valence-electron chi connectivity index (χ0n) is 15.3. The summed E-state index contributed by atoms with van der Waals surface area (Å²) in [5, 5.41) is 3.14. The number of hydrogen-bond donors (Lipinski definition) is 2. The maximum atomic E-state index is 12.7. The lowest BCUT2D eigenvalue weighted by molar-refractivity contribution is -0.914. The second kappa shape index (κ2) is 7.66. The molecule has 5 heteroatoms. The molecule has 1 aliphatic rings. The number of rotatable bonds is 4. The van der Waals surface area contributed by atoms with Gasteiger partial charge in [0.25, 0.3) is 11.7 Å². The Labute approximate surface area is 149 Å². The first kappa shape index (κ1) is 17.4. The normalized spacial score (nSPS) is 16.5. The van der Waals surface area contributed by atoms with Crippen molar-refractivity contribution in [2.24, 2.45) is 0 Å². The average Bonchev–Trinajstić information content (AvgIpc) is 2.65. The number of para-hydroxylation sites is 1. The van der Waals surface area contributed by atoms with Crippen LogP contribution in [0.3, 0.4) is 0 Å². The number of nitrogens with zero attached hydrogens (tertiary/aromatic N) is 1. The van der Waals surface area contributed by atoms with Gasteiger partial charge in [-0.25, -0.2) is 4.98 Å². The standard InChI is InChI=1S/C20H26N4O/c1-15-7-6-8-16(2)19(15)22-20(25)17(3)23-11-13-24(14-12-23)18-9-4-5-10-21-18/h4-10,17H,11-14H2,1-3H3,(H,22,25)/p+2/t17-/m1/s1. The van der Waals surface area contributed by atoms with Crippen molar-refractivity contribution in [3.8, 4) is 0 Å². The summed E-state index contributed by atoms with van der Waals surface area (Å²) in [6, 6.07) is 12.2. The molecule has 2 aromatic rings. The SMILES string of the molecule is Cc1cccc(C)c1NC(=O)[C@@H](C)[NH+]1CCN(c2cccc[nH+]2)CC1. The third kappa shape index (κ3) is 3.99. The summed E-state index contributed by atoms with van der Waals surface area (Å²) in [6.45, 7) is 9.94. The molecule has 25 heavy (non-hydrogen) atoms. The number of anilines is 2.